The molecular formula is C16H15N3O3S. The number of benzene rings is 1. The summed E-state index contributed by atoms with van der Waals surface area (Å²) in [5.41, 5.74) is 2.11. The van der Waals surface area contributed by atoms with Crippen LogP contribution in [0, 0.1) is 0 Å². The van der Waals surface area contributed by atoms with Crippen molar-refractivity contribution in [1.29, 1.82) is 0 Å². The number of ketones is 1. The average molecular weight is 329 g/mol. The van der Waals surface area contributed by atoms with Crippen molar-refractivity contribution in [2.45, 2.75) is 18.4 Å². The van der Waals surface area contributed by atoms with Crippen LogP contribution in [0.5, 0.6) is 0 Å². The molecule has 0 radical (unpaired) electrons. The molecule has 23 heavy (non-hydrogen) atoms. The Kier molecular flexibility index (Phi) is 3.97. The van der Waals surface area contributed by atoms with Crippen LogP contribution in [0.25, 0.3) is 5.52 Å². The number of fused-ring (bicyclic) bond motifs is 1. The number of nitrogens with zero attached hydrogens (tertiary/aromatic N) is 2. The van der Waals surface area contributed by atoms with E-state index in [0.717, 1.165) is 11.1 Å². The SMILES string of the molecule is CC(=O)c1ccc(S(=O)(=O)NCc2cnn3ccccc23)cc1. The third kappa shape index (κ3) is 3.15. The Labute approximate surface area is 133 Å². The van der Waals surface area contributed by atoms with Crippen molar-refractivity contribution >= 4 is 21.3 Å². The van der Waals surface area contributed by atoms with Gasteiger partial charge in [-0.15, -0.1) is 0 Å². The first-order valence-corrected chi connectivity index (χ1v) is 8.47. The lowest BCUT2D eigenvalue weighted by Gasteiger charge is -2.06. The third-order valence-corrected chi connectivity index (χ3v) is 4.95. The molecule has 3 rings (SSSR count). The summed E-state index contributed by atoms with van der Waals surface area (Å²) in [6.07, 6.45) is 3.44. The summed E-state index contributed by atoms with van der Waals surface area (Å²) in [5.74, 6) is -0.103. The van der Waals surface area contributed by atoms with Gasteiger partial charge in [-0.2, -0.15) is 5.10 Å². The normalized spacial score (nSPS) is 11.7. The van der Waals surface area contributed by atoms with E-state index in [0.29, 0.717) is 5.56 Å². The lowest BCUT2D eigenvalue weighted by atomic mass is 10.2. The molecule has 0 bridgehead atoms. The predicted octanol–water partition coefficient (Wildman–Crippen LogP) is 2.02. The van der Waals surface area contributed by atoms with Crippen molar-refractivity contribution in [1.82, 2.24) is 14.3 Å². The lowest BCUT2D eigenvalue weighted by Crippen LogP contribution is -2.23. The van der Waals surface area contributed by atoms with E-state index in [1.54, 1.807) is 16.9 Å². The van der Waals surface area contributed by atoms with E-state index in [9.17, 15) is 13.2 Å². The van der Waals surface area contributed by atoms with Gasteiger partial charge in [0, 0.05) is 23.9 Å². The summed E-state index contributed by atoms with van der Waals surface area (Å²) < 4.78 is 28.9. The maximum Gasteiger partial charge on any atom is 0.240 e. The average Bonchev–Trinajstić information content (AvgIpc) is 2.96. The molecule has 2 heterocycles. The van der Waals surface area contributed by atoms with Crippen LogP contribution in [0.1, 0.15) is 22.8 Å². The summed E-state index contributed by atoms with van der Waals surface area (Å²) in [5, 5.41) is 4.17. The van der Waals surface area contributed by atoms with Gasteiger partial charge in [0.2, 0.25) is 10.0 Å². The van der Waals surface area contributed by atoms with E-state index >= 15 is 0 Å². The molecule has 2 aromatic heterocycles. The fraction of sp³-hybridized carbons (Fsp3) is 0.125. The van der Waals surface area contributed by atoms with Crippen LogP contribution >= 0.6 is 0 Å². The minimum atomic E-state index is -3.65. The number of pyridine rings is 1. The Morgan fingerprint density at radius 1 is 1.17 bits per heavy atom. The molecular weight excluding hydrogens is 314 g/mol. The van der Waals surface area contributed by atoms with Crippen LogP contribution in [0.3, 0.4) is 0 Å². The predicted molar refractivity (Wildman–Crippen MR) is 85.7 cm³/mol. The Hall–Kier alpha value is -2.51. The summed E-state index contributed by atoms with van der Waals surface area (Å²) in [4.78, 5) is 11.4. The second-order valence-corrected chi connectivity index (χ2v) is 6.87. The van der Waals surface area contributed by atoms with Crippen molar-refractivity contribution in [3.05, 3.63) is 66.0 Å². The zero-order chi connectivity index (χ0) is 16.4. The molecule has 118 valence electrons. The number of carbonyl (C=O) groups excluding carboxylic acids is 1. The number of sulfonamides is 1. The van der Waals surface area contributed by atoms with Gasteiger partial charge in [0.1, 0.15) is 0 Å². The third-order valence-electron chi connectivity index (χ3n) is 3.53. The number of rotatable bonds is 5. The summed E-state index contributed by atoms with van der Waals surface area (Å²) in [6, 6.07) is 11.5. The first-order chi connectivity index (χ1) is 11.0. The monoisotopic (exact) mass is 329 g/mol. The van der Waals surface area contributed by atoms with Gasteiger partial charge in [0.05, 0.1) is 16.6 Å². The van der Waals surface area contributed by atoms with Crippen molar-refractivity contribution < 1.29 is 13.2 Å². The minimum absolute atomic E-state index is 0.103. The number of aromatic nitrogens is 2. The zero-order valence-electron chi connectivity index (χ0n) is 12.4. The molecule has 0 unspecified atom stereocenters. The second-order valence-electron chi connectivity index (χ2n) is 5.11. The molecule has 0 saturated carbocycles. The van der Waals surface area contributed by atoms with Gasteiger partial charge in [-0.05, 0) is 31.2 Å². The smallest absolute Gasteiger partial charge is 0.240 e. The van der Waals surface area contributed by atoms with E-state index < -0.39 is 10.0 Å². The Bertz CT molecular complexity index is 960. The van der Waals surface area contributed by atoms with Gasteiger partial charge in [0.25, 0.3) is 0 Å². The highest BCUT2D eigenvalue weighted by molar-refractivity contribution is 7.89. The van der Waals surface area contributed by atoms with Crippen LogP contribution in [0.4, 0.5) is 0 Å². The zero-order valence-corrected chi connectivity index (χ0v) is 13.2. The van der Waals surface area contributed by atoms with Gasteiger partial charge >= 0.3 is 0 Å². The highest BCUT2D eigenvalue weighted by Gasteiger charge is 2.15. The number of hydrogen-bond acceptors (Lipinski definition) is 4. The molecule has 0 fully saturated rings. The van der Waals surface area contributed by atoms with Gasteiger partial charge in [-0.1, -0.05) is 18.2 Å². The van der Waals surface area contributed by atoms with Crippen molar-refractivity contribution in [3.63, 3.8) is 0 Å². The molecule has 0 aliphatic rings. The molecule has 0 aliphatic heterocycles. The minimum Gasteiger partial charge on any atom is -0.295 e. The summed E-state index contributed by atoms with van der Waals surface area (Å²) in [7, 11) is -3.65. The molecule has 3 aromatic rings. The highest BCUT2D eigenvalue weighted by atomic mass is 32.2. The van der Waals surface area contributed by atoms with Crippen molar-refractivity contribution in [2.75, 3.05) is 0 Å². The quantitative estimate of drug-likeness (QED) is 0.726. The van der Waals surface area contributed by atoms with Gasteiger partial charge < -0.3 is 0 Å². The van der Waals surface area contributed by atoms with Crippen LogP contribution in [-0.4, -0.2) is 23.8 Å². The van der Waals surface area contributed by atoms with Crippen LogP contribution in [0.2, 0.25) is 0 Å². The van der Waals surface area contributed by atoms with E-state index in [4.69, 9.17) is 0 Å². The second kappa shape index (κ2) is 5.94. The first-order valence-electron chi connectivity index (χ1n) is 6.99. The summed E-state index contributed by atoms with van der Waals surface area (Å²) >= 11 is 0. The molecule has 6 nitrogen and oxygen atoms in total. The number of carbonyl (C=O) groups is 1. The first kappa shape index (κ1) is 15.4. The maximum absolute atomic E-state index is 12.3. The molecule has 1 N–H and O–H groups in total. The van der Waals surface area contributed by atoms with Gasteiger partial charge in [-0.25, -0.2) is 17.7 Å². The van der Waals surface area contributed by atoms with E-state index in [-0.39, 0.29) is 17.2 Å². The maximum atomic E-state index is 12.3. The van der Waals surface area contributed by atoms with Crippen molar-refractivity contribution in [2.24, 2.45) is 0 Å². The largest absolute Gasteiger partial charge is 0.295 e. The topological polar surface area (TPSA) is 80.5 Å². The molecule has 0 aliphatic carbocycles. The van der Waals surface area contributed by atoms with Crippen LogP contribution < -0.4 is 4.72 Å². The lowest BCUT2D eigenvalue weighted by molar-refractivity contribution is 0.101. The molecule has 0 amide bonds. The van der Waals surface area contributed by atoms with E-state index in [2.05, 4.69) is 9.82 Å². The number of Topliss-reactive ketones (excluding diaryl/α,β-unsaturated/α-hetero) is 1. The molecule has 7 heteroatoms. The highest BCUT2D eigenvalue weighted by Crippen LogP contribution is 2.14. The fourth-order valence-corrected chi connectivity index (χ4v) is 3.26. The van der Waals surface area contributed by atoms with Crippen LogP contribution in [-0.2, 0) is 16.6 Å². The van der Waals surface area contributed by atoms with E-state index in [1.807, 2.05) is 18.2 Å². The van der Waals surface area contributed by atoms with Crippen molar-refractivity contribution in [3.8, 4) is 0 Å². The molecule has 1 aromatic carbocycles. The van der Waals surface area contributed by atoms with E-state index in [1.165, 1.54) is 31.2 Å². The molecule has 0 spiro atoms. The van der Waals surface area contributed by atoms with Gasteiger partial charge in [-0.3, -0.25) is 4.79 Å². The summed E-state index contributed by atoms with van der Waals surface area (Å²) in [6.45, 7) is 1.58. The molecule has 0 saturated heterocycles. The Morgan fingerprint density at radius 3 is 2.61 bits per heavy atom. The fourth-order valence-electron chi connectivity index (χ4n) is 2.25. The van der Waals surface area contributed by atoms with Gasteiger partial charge in [0.15, 0.2) is 5.78 Å². The Balaban J connectivity index is 1.80. The molecule has 0 atom stereocenters. The Morgan fingerprint density at radius 2 is 1.91 bits per heavy atom. The standard InChI is InChI=1S/C16H15N3O3S/c1-12(20)13-5-7-15(8-6-13)23(21,22)18-11-14-10-17-19-9-3-2-4-16(14)19/h2-10,18H,11H2,1H3. The number of hydrogen-bond donors (Lipinski definition) is 1. The number of nitrogens with one attached hydrogen (secondary N) is 1. The van der Waals surface area contributed by atoms with Crippen LogP contribution in [0.15, 0.2) is 59.8 Å².